The van der Waals surface area contributed by atoms with E-state index in [0.717, 1.165) is 21.2 Å². The molecule has 0 saturated carbocycles. The first-order chi connectivity index (χ1) is 9.45. The molecule has 0 saturated heterocycles. The van der Waals surface area contributed by atoms with Crippen molar-refractivity contribution in [2.45, 2.75) is 26.3 Å². The molecule has 6 nitrogen and oxygen atoms in total. The number of nitro benzene ring substituents is 1. The topological polar surface area (TPSA) is 87.0 Å². The van der Waals surface area contributed by atoms with Gasteiger partial charge in [0, 0.05) is 12.1 Å². The molecule has 2 N–H and O–H groups in total. The minimum absolute atomic E-state index is 0.0816. The lowest BCUT2D eigenvalue weighted by atomic mass is 10.0. The van der Waals surface area contributed by atoms with E-state index in [1.54, 1.807) is 16.8 Å². The van der Waals surface area contributed by atoms with Gasteiger partial charge in [0.05, 0.1) is 20.2 Å². The van der Waals surface area contributed by atoms with Crippen LogP contribution in [-0.2, 0) is 0 Å². The number of rotatable bonds is 4. The number of nitrogen functional groups attached to an aromatic ring is 1. The van der Waals surface area contributed by atoms with Crippen molar-refractivity contribution in [2.24, 2.45) is 0 Å². The molecule has 106 valence electrons. The second-order valence-electron chi connectivity index (χ2n) is 4.51. The van der Waals surface area contributed by atoms with E-state index in [9.17, 15) is 10.1 Å². The zero-order valence-electron chi connectivity index (χ0n) is 11.2. The molecule has 0 fully saturated rings. The summed E-state index contributed by atoms with van der Waals surface area (Å²) in [6.45, 7) is 3.90. The fraction of sp³-hybridized carbons (Fsp3) is 0.308. The highest BCUT2D eigenvalue weighted by Gasteiger charge is 2.20. The number of anilines is 1. The predicted molar refractivity (Wildman–Crippen MR) is 85.6 cm³/mol. The number of aromatic nitrogens is 2. The lowest BCUT2D eigenvalue weighted by molar-refractivity contribution is -0.384. The Morgan fingerprint density at radius 2 is 2.25 bits per heavy atom. The van der Waals surface area contributed by atoms with Crippen LogP contribution in [-0.4, -0.2) is 14.7 Å². The highest BCUT2D eigenvalue weighted by Crippen LogP contribution is 2.29. The smallest absolute Gasteiger partial charge is 0.269 e. The summed E-state index contributed by atoms with van der Waals surface area (Å²) in [5.74, 6) is 0.599. The lowest BCUT2D eigenvalue weighted by Crippen LogP contribution is -2.14. The Bertz CT molecular complexity index is 654. The maximum Gasteiger partial charge on any atom is 0.269 e. The molecule has 0 radical (unpaired) electrons. The molecule has 0 aliphatic rings. The molecular weight excluding hydrogens is 371 g/mol. The maximum atomic E-state index is 10.9. The largest absolute Gasteiger partial charge is 0.383 e. The van der Waals surface area contributed by atoms with Gasteiger partial charge in [-0.1, -0.05) is 19.1 Å². The predicted octanol–water partition coefficient (Wildman–Crippen LogP) is 3.29. The zero-order chi connectivity index (χ0) is 14.9. The van der Waals surface area contributed by atoms with E-state index in [0.29, 0.717) is 5.82 Å². The minimum Gasteiger partial charge on any atom is -0.383 e. The third-order valence-corrected chi connectivity index (χ3v) is 4.53. The molecule has 0 spiro atoms. The van der Waals surface area contributed by atoms with Gasteiger partial charge in [0.1, 0.15) is 5.82 Å². The molecule has 2 aromatic rings. The molecule has 20 heavy (non-hydrogen) atoms. The van der Waals surface area contributed by atoms with Gasteiger partial charge in [-0.05, 0) is 41.5 Å². The molecule has 1 aromatic heterocycles. The molecule has 1 atom stereocenters. The first kappa shape index (κ1) is 14.8. The Morgan fingerprint density at radius 3 is 2.75 bits per heavy atom. The summed E-state index contributed by atoms with van der Waals surface area (Å²) in [7, 11) is 0. The van der Waals surface area contributed by atoms with E-state index in [2.05, 4.69) is 27.7 Å². The van der Waals surface area contributed by atoms with Gasteiger partial charge < -0.3 is 5.73 Å². The molecule has 1 aromatic carbocycles. The summed E-state index contributed by atoms with van der Waals surface area (Å²) >= 11 is 2.16. The monoisotopic (exact) mass is 386 g/mol. The van der Waals surface area contributed by atoms with Gasteiger partial charge in [0.2, 0.25) is 0 Å². The van der Waals surface area contributed by atoms with Gasteiger partial charge in [0.15, 0.2) is 0 Å². The summed E-state index contributed by atoms with van der Waals surface area (Å²) in [4.78, 5) is 10.5. The second-order valence-corrected chi connectivity index (χ2v) is 5.58. The zero-order valence-corrected chi connectivity index (χ0v) is 13.4. The highest BCUT2D eigenvalue weighted by atomic mass is 127. The third kappa shape index (κ3) is 2.62. The van der Waals surface area contributed by atoms with Crippen LogP contribution in [0.4, 0.5) is 11.5 Å². The van der Waals surface area contributed by atoms with Crippen LogP contribution in [0.2, 0.25) is 0 Å². The van der Waals surface area contributed by atoms with Crippen molar-refractivity contribution >= 4 is 34.1 Å². The maximum absolute atomic E-state index is 10.9. The number of aryl methyl sites for hydroxylation is 1. The Morgan fingerprint density at radius 1 is 1.55 bits per heavy atom. The number of nitrogens with zero attached hydrogens (tertiary/aromatic N) is 3. The van der Waals surface area contributed by atoms with E-state index >= 15 is 0 Å². The van der Waals surface area contributed by atoms with Gasteiger partial charge in [-0.2, -0.15) is 5.10 Å². The van der Waals surface area contributed by atoms with Gasteiger partial charge in [0.25, 0.3) is 5.69 Å². The van der Waals surface area contributed by atoms with Gasteiger partial charge in [-0.15, -0.1) is 0 Å². The minimum atomic E-state index is -0.391. The molecule has 1 unspecified atom stereocenters. The van der Waals surface area contributed by atoms with Crippen molar-refractivity contribution in [3.8, 4) is 0 Å². The Hall–Kier alpha value is -1.64. The fourth-order valence-corrected chi connectivity index (χ4v) is 2.53. The summed E-state index contributed by atoms with van der Waals surface area (Å²) < 4.78 is 2.67. The van der Waals surface area contributed by atoms with Gasteiger partial charge in [-0.3, -0.25) is 10.1 Å². The number of hydrogen-bond donors (Lipinski definition) is 1. The molecule has 2 rings (SSSR count). The Labute approximate surface area is 130 Å². The van der Waals surface area contributed by atoms with E-state index in [4.69, 9.17) is 5.73 Å². The molecule has 1 heterocycles. The van der Waals surface area contributed by atoms with Gasteiger partial charge in [-0.25, -0.2) is 4.68 Å². The van der Waals surface area contributed by atoms with Crippen LogP contribution in [0.1, 0.15) is 30.6 Å². The van der Waals surface area contributed by atoms with Crippen molar-refractivity contribution in [3.05, 3.63) is 49.2 Å². The molecule has 0 bridgehead atoms. The average molecular weight is 386 g/mol. The normalized spacial score (nSPS) is 12.3. The van der Waals surface area contributed by atoms with Crippen LogP contribution in [0.15, 0.2) is 24.3 Å². The highest BCUT2D eigenvalue weighted by molar-refractivity contribution is 14.1. The van der Waals surface area contributed by atoms with Crippen molar-refractivity contribution in [1.29, 1.82) is 0 Å². The van der Waals surface area contributed by atoms with Crippen LogP contribution in [0.3, 0.4) is 0 Å². The van der Waals surface area contributed by atoms with Crippen LogP contribution < -0.4 is 5.73 Å². The molecular formula is C13H15IN4O2. The summed E-state index contributed by atoms with van der Waals surface area (Å²) in [5, 5.41) is 15.3. The second kappa shape index (κ2) is 5.78. The number of non-ortho nitro benzene ring substituents is 1. The SMILES string of the molecule is CCC(c1cccc([N+](=O)[O-])c1)n1nc(C)c(I)c1N. The summed E-state index contributed by atoms with van der Waals surface area (Å²) in [6, 6.07) is 6.52. The first-order valence-electron chi connectivity index (χ1n) is 6.20. The standard InChI is InChI=1S/C13H15IN4O2/c1-3-11(17-13(15)12(14)8(2)16-17)9-5-4-6-10(7-9)18(19)20/h4-7,11H,3,15H2,1-2H3. The first-order valence-corrected chi connectivity index (χ1v) is 7.28. The van der Waals surface area contributed by atoms with E-state index < -0.39 is 4.92 Å². The number of halogens is 1. The summed E-state index contributed by atoms with van der Waals surface area (Å²) in [6.07, 6.45) is 0.753. The van der Waals surface area contributed by atoms with Gasteiger partial charge >= 0.3 is 0 Å². The molecule has 7 heteroatoms. The van der Waals surface area contributed by atoms with Crippen molar-refractivity contribution in [1.82, 2.24) is 9.78 Å². The number of hydrogen-bond acceptors (Lipinski definition) is 4. The van der Waals surface area contributed by atoms with E-state index in [1.165, 1.54) is 6.07 Å². The number of benzene rings is 1. The molecule has 0 aliphatic carbocycles. The van der Waals surface area contributed by atoms with Crippen LogP contribution >= 0.6 is 22.6 Å². The number of nitrogens with two attached hydrogens (primary N) is 1. The average Bonchev–Trinajstić information content (AvgIpc) is 2.68. The molecule has 0 amide bonds. The van der Waals surface area contributed by atoms with Crippen LogP contribution in [0.25, 0.3) is 0 Å². The number of nitro groups is 1. The Kier molecular flexibility index (Phi) is 4.26. The lowest BCUT2D eigenvalue weighted by Gasteiger charge is -2.17. The van der Waals surface area contributed by atoms with E-state index in [1.807, 2.05) is 19.9 Å². The quantitative estimate of drug-likeness (QED) is 0.496. The van der Waals surface area contributed by atoms with Crippen molar-refractivity contribution in [2.75, 3.05) is 5.73 Å². The van der Waals surface area contributed by atoms with Crippen LogP contribution in [0, 0.1) is 20.6 Å². The third-order valence-electron chi connectivity index (χ3n) is 3.19. The van der Waals surface area contributed by atoms with Crippen molar-refractivity contribution in [3.63, 3.8) is 0 Å². The van der Waals surface area contributed by atoms with Crippen LogP contribution in [0.5, 0.6) is 0 Å². The fourth-order valence-electron chi connectivity index (χ4n) is 2.18. The Balaban J connectivity index is 2.49. The van der Waals surface area contributed by atoms with E-state index in [-0.39, 0.29) is 11.7 Å². The molecule has 0 aliphatic heterocycles. The summed E-state index contributed by atoms with van der Waals surface area (Å²) in [5.41, 5.74) is 7.86. The van der Waals surface area contributed by atoms with Crippen molar-refractivity contribution < 1.29 is 4.92 Å².